The van der Waals surface area contributed by atoms with Crippen LogP contribution in [0.3, 0.4) is 0 Å². The lowest BCUT2D eigenvalue weighted by Crippen LogP contribution is -2.28. The molecule has 0 radical (unpaired) electrons. The minimum absolute atomic E-state index is 0.290. The van der Waals surface area contributed by atoms with Crippen LogP contribution in [0.15, 0.2) is 0 Å². The van der Waals surface area contributed by atoms with Crippen LogP contribution in [0.2, 0.25) is 0 Å². The Kier molecular flexibility index (Phi) is 3.66. The molecule has 0 bridgehead atoms. The molecule has 1 N–H and O–H groups in total. The highest BCUT2D eigenvalue weighted by Gasteiger charge is 2.32. The zero-order chi connectivity index (χ0) is 10.7. The first-order chi connectivity index (χ1) is 7.29. The molecule has 0 aromatic carbocycles. The van der Waals surface area contributed by atoms with Crippen LogP contribution in [0.4, 0.5) is 0 Å². The molecule has 1 amide bonds. The number of hydrogen-bond acceptors (Lipinski definition) is 1. The number of fused-ring (bicyclic) bond motifs is 1. The Morgan fingerprint density at radius 2 is 2.00 bits per heavy atom. The number of carbonyl (C=O) groups is 1. The minimum Gasteiger partial charge on any atom is -0.353 e. The summed E-state index contributed by atoms with van der Waals surface area (Å²) in [5, 5.41) is 3.15. The number of rotatable bonds is 1. The summed E-state index contributed by atoms with van der Waals surface area (Å²) in [7, 11) is 0. The molecule has 1 aliphatic heterocycles. The van der Waals surface area contributed by atoms with Gasteiger partial charge >= 0.3 is 0 Å². The molecule has 86 valence electrons. The van der Waals surface area contributed by atoms with E-state index in [4.69, 9.17) is 0 Å². The third-order valence-electron chi connectivity index (χ3n) is 4.26. The molecule has 0 aromatic rings. The standard InChI is InChI=1S/C13H23NO/c1-2-10-5-3-4-6-12-11(8-7-10)9-13(15)14-12/h10-12H,2-9H2,1H3,(H,14,15). The molecular formula is C13H23NO. The normalized spacial score (nSPS) is 37.4. The van der Waals surface area contributed by atoms with Gasteiger partial charge in [-0.2, -0.15) is 0 Å². The summed E-state index contributed by atoms with van der Waals surface area (Å²) in [5.74, 6) is 1.85. The Bertz CT molecular complexity index is 227. The fourth-order valence-corrected chi connectivity index (χ4v) is 3.17. The van der Waals surface area contributed by atoms with Gasteiger partial charge in [0, 0.05) is 12.5 Å². The van der Waals surface area contributed by atoms with Crippen molar-refractivity contribution in [2.45, 2.75) is 64.3 Å². The lowest BCUT2D eigenvalue weighted by atomic mass is 9.89. The Morgan fingerprint density at radius 3 is 2.80 bits per heavy atom. The van der Waals surface area contributed by atoms with E-state index < -0.39 is 0 Å². The molecule has 2 heteroatoms. The third kappa shape index (κ3) is 2.73. The summed E-state index contributed by atoms with van der Waals surface area (Å²) in [6.45, 7) is 2.30. The second-order valence-corrected chi connectivity index (χ2v) is 5.27. The highest BCUT2D eigenvalue weighted by Crippen LogP contribution is 2.31. The zero-order valence-corrected chi connectivity index (χ0v) is 9.80. The van der Waals surface area contributed by atoms with E-state index in [0.29, 0.717) is 17.9 Å². The Balaban J connectivity index is 1.94. The molecule has 1 heterocycles. The molecule has 2 aliphatic rings. The molecule has 2 fully saturated rings. The van der Waals surface area contributed by atoms with Crippen LogP contribution in [-0.4, -0.2) is 11.9 Å². The van der Waals surface area contributed by atoms with Gasteiger partial charge in [0.25, 0.3) is 0 Å². The van der Waals surface area contributed by atoms with Crippen molar-refractivity contribution in [3.63, 3.8) is 0 Å². The quantitative estimate of drug-likeness (QED) is 0.707. The van der Waals surface area contributed by atoms with Gasteiger partial charge in [-0.05, 0) is 24.7 Å². The largest absolute Gasteiger partial charge is 0.353 e. The van der Waals surface area contributed by atoms with Crippen molar-refractivity contribution in [2.75, 3.05) is 0 Å². The molecule has 1 saturated carbocycles. The van der Waals surface area contributed by atoms with Crippen molar-refractivity contribution in [1.29, 1.82) is 0 Å². The average Bonchev–Trinajstić information content (AvgIpc) is 2.60. The number of nitrogens with one attached hydrogen (secondary N) is 1. The third-order valence-corrected chi connectivity index (χ3v) is 4.26. The van der Waals surface area contributed by atoms with Crippen molar-refractivity contribution in [2.24, 2.45) is 11.8 Å². The lowest BCUT2D eigenvalue weighted by Gasteiger charge is -2.18. The first kappa shape index (κ1) is 11.0. The van der Waals surface area contributed by atoms with Crippen molar-refractivity contribution >= 4 is 5.91 Å². The Morgan fingerprint density at radius 1 is 1.20 bits per heavy atom. The SMILES string of the molecule is CCC1CCCCC2NC(=O)CC2CC1. The maximum Gasteiger partial charge on any atom is 0.220 e. The van der Waals surface area contributed by atoms with Gasteiger partial charge in [-0.1, -0.05) is 39.0 Å². The molecule has 2 nitrogen and oxygen atoms in total. The van der Waals surface area contributed by atoms with E-state index >= 15 is 0 Å². The topological polar surface area (TPSA) is 29.1 Å². The van der Waals surface area contributed by atoms with Gasteiger partial charge in [-0.3, -0.25) is 4.79 Å². The lowest BCUT2D eigenvalue weighted by molar-refractivity contribution is -0.119. The summed E-state index contributed by atoms with van der Waals surface area (Å²) >= 11 is 0. The second kappa shape index (κ2) is 5.00. The fourth-order valence-electron chi connectivity index (χ4n) is 3.17. The summed E-state index contributed by atoms with van der Waals surface area (Å²) in [5.41, 5.74) is 0. The number of amides is 1. The van der Waals surface area contributed by atoms with Crippen LogP contribution in [0, 0.1) is 11.8 Å². The highest BCUT2D eigenvalue weighted by molar-refractivity contribution is 5.79. The van der Waals surface area contributed by atoms with E-state index in [-0.39, 0.29) is 0 Å². The van der Waals surface area contributed by atoms with Crippen molar-refractivity contribution < 1.29 is 4.79 Å². The Labute approximate surface area is 92.8 Å². The zero-order valence-electron chi connectivity index (χ0n) is 9.80. The van der Waals surface area contributed by atoms with E-state index in [2.05, 4.69) is 12.2 Å². The van der Waals surface area contributed by atoms with Gasteiger partial charge in [0.05, 0.1) is 0 Å². The van der Waals surface area contributed by atoms with Crippen molar-refractivity contribution in [3.8, 4) is 0 Å². The average molecular weight is 209 g/mol. The summed E-state index contributed by atoms with van der Waals surface area (Å²) in [6, 6.07) is 0.508. The van der Waals surface area contributed by atoms with Gasteiger partial charge in [0.15, 0.2) is 0 Å². The number of carbonyl (C=O) groups excluding carboxylic acids is 1. The van der Waals surface area contributed by atoms with E-state index in [1.165, 1.54) is 44.9 Å². The number of hydrogen-bond donors (Lipinski definition) is 1. The summed E-state index contributed by atoms with van der Waals surface area (Å²) in [6.07, 6.45) is 10.0. The molecule has 0 aromatic heterocycles. The summed E-state index contributed by atoms with van der Waals surface area (Å²) in [4.78, 5) is 11.4. The van der Waals surface area contributed by atoms with Gasteiger partial charge in [0.1, 0.15) is 0 Å². The van der Waals surface area contributed by atoms with Gasteiger partial charge in [0.2, 0.25) is 5.91 Å². The fraction of sp³-hybridized carbons (Fsp3) is 0.923. The van der Waals surface area contributed by atoms with Gasteiger partial charge < -0.3 is 5.32 Å². The molecule has 1 saturated heterocycles. The predicted octanol–water partition coefficient (Wildman–Crippen LogP) is 2.87. The molecule has 0 spiro atoms. The monoisotopic (exact) mass is 209 g/mol. The first-order valence-electron chi connectivity index (χ1n) is 6.59. The van der Waals surface area contributed by atoms with Crippen molar-refractivity contribution in [1.82, 2.24) is 5.32 Å². The van der Waals surface area contributed by atoms with E-state index in [1.54, 1.807) is 0 Å². The van der Waals surface area contributed by atoms with Crippen LogP contribution < -0.4 is 5.32 Å². The van der Waals surface area contributed by atoms with Crippen molar-refractivity contribution in [3.05, 3.63) is 0 Å². The highest BCUT2D eigenvalue weighted by atomic mass is 16.2. The van der Waals surface area contributed by atoms with E-state index in [1.807, 2.05) is 0 Å². The van der Waals surface area contributed by atoms with Crippen LogP contribution >= 0.6 is 0 Å². The Hall–Kier alpha value is -0.530. The first-order valence-corrected chi connectivity index (χ1v) is 6.59. The molecule has 3 unspecified atom stereocenters. The van der Waals surface area contributed by atoms with Gasteiger partial charge in [-0.25, -0.2) is 0 Å². The maximum atomic E-state index is 11.4. The molecule has 2 rings (SSSR count). The van der Waals surface area contributed by atoms with E-state index in [9.17, 15) is 4.79 Å². The van der Waals surface area contributed by atoms with Crippen LogP contribution in [0.1, 0.15) is 58.3 Å². The summed E-state index contributed by atoms with van der Waals surface area (Å²) < 4.78 is 0. The smallest absolute Gasteiger partial charge is 0.220 e. The second-order valence-electron chi connectivity index (χ2n) is 5.27. The molecule has 3 atom stereocenters. The molecule has 15 heavy (non-hydrogen) atoms. The maximum absolute atomic E-state index is 11.4. The van der Waals surface area contributed by atoms with E-state index in [0.717, 1.165) is 12.3 Å². The minimum atomic E-state index is 0.290. The molecular weight excluding hydrogens is 186 g/mol. The molecule has 1 aliphatic carbocycles. The van der Waals surface area contributed by atoms with Gasteiger partial charge in [-0.15, -0.1) is 0 Å². The van der Waals surface area contributed by atoms with Crippen LogP contribution in [-0.2, 0) is 4.79 Å². The predicted molar refractivity (Wildman–Crippen MR) is 61.5 cm³/mol. The van der Waals surface area contributed by atoms with Crippen LogP contribution in [0.25, 0.3) is 0 Å². The van der Waals surface area contributed by atoms with Crippen LogP contribution in [0.5, 0.6) is 0 Å².